The lowest BCUT2D eigenvalue weighted by molar-refractivity contribution is -0.124. The van der Waals surface area contributed by atoms with Crippen LogP contribution in [0, 0.1) is 0 Å². The summed E-state index contributed by atoms with van der Waals surface area (Å²) < 4.78 is 0.903. The second-order valence-corrected chi connectivity index (χ2v) is 7.90. The van der Waals surface area contributed by atoms with Gasteiger partial charge in [-0.05, 0) is 67.8 Å². The van der Waals surface area contributed by atoms with E-state index in [4.69, 9.17) is 0 Å². The van der Waals surface area contributed by atoms with Crippen LogP contribution < -0.4 is 10.6 Å². The van der Waals surface area contributed by atoms with Crippen molar-refractivity contribution < 1.29 is 14.4 Å². The Morgan fingerprint density at radius 1 is 1.03 bits per heavy atom. The number of amides is 3. The van der Waals surface area contributed by atoms with Crippen molar-refractivity contribution in [2.24, 2.45) is 0 Å². The summed E-state index contributed by atoms with van der Waals surface area (Å²) in [6.45, 7) is 3.18. The highest BCUT2D eigenvalue weighted by molar-refractivity contribution is 9.10. The van der Waals surface area contributed by atoms with Gasteiger partial charge in [-0.25, -0.2) is 0 Å². The van der Waals surface area contributed by atoms with E-state index in [1.165, 1.54) is 0 Å². The van der Waals surface area contributed by atoms with Crippen molar-refractivity contribution in [3.8, 4) is 0 Å². The fourth-order valence-corrected chi connectivity index (χ4v) is 3.58. The van der Waals surface area contributed by atoms with E-state index in [1.807, 2.05) is 6.92 Å². The van der Waals surface area contributed by atoms with Gasteiger partial charge in [0.2, 0.25) is 5.91 Å². The first kappa shape index (κ1) is 21.0. The molecular weight excluding hydrogens is 434 g/mol. The molecule has 6 nitrogen and oxygen atoms in total. The van der Waals surface area contributed by atoms with Crippen LogP contribution >= 0.6 is 15.9 Å². The van der Waals surface area contributed by atoms with Crippen LogP contribution in [0.3, 0.4) is 0 Å². The second-order valence-electron chi connectivity index (χ2n) is 6.99. The number of hydrogen-bond acceptors (Lipinski definition) is 3. The van der Waals surface area contributed by atoms with Gasteiger partial charge >= 0.3 is 0 Å². The van der Waals surface area contributed by atoms with E-state index >= 15 is 0 Å². The topological polar surface area (TPSA) is 78.5 Å². The van der Waals surface area contributed by atoms with Gasteiger partial charge in [-0.3, -0.25) is 14.4 Å². The molecule has 2 aromatic carbocycles. The van der Waals surface area contributed by atoms with Gasteiger partial charge in [-0.1, -0.05) is 22.9 Å². The molecule has 3 rings (SSSR count). The second kappa shape index (κ2) is 9.69. The number of likely N-dealkylation sites (tertiary alicyclic amines) is 1. The number of carbonyl (C=O) groups excluding carboxylic acids is 3. The third-order valence-corrected chi connectivity index (χ3v) is 5.39. The van der Waals surface area contributed by atoms with Crippen molar-refractivity contribution in [3.63, 3.8) is 0 Å². The molecule has 7 heteroatoms. The summed E-state index contributed by atoms with van der Waals surface area (Å²) in [6, 6.07) is 13.4. The normalized spacial score (nSPS) is 15.8. The SMILES string of the molecule is CCCNC(=O)[C@H]1CCCN1C(=O)c1ccc(NC(=O)c2ccc(Br)cc2)cc1. The number of benzene rings is 2. The molecule has 1 aliphatic heterocycles. The van der Waals surface area contributed by atoms with Crippen LogP contribution in [-0.2, 0) is 4.79 Å². The first-order valence-electron chi connectivity index (χ1n) is 9.75. The minimum atomic E-state index is -0.411. The largest absolute Gasteiger partial charge is 0.354 e. The number of anilines is 1. The maximum atomic E-state index is 12.9. The number of nitrogens with one attached hydrogen (secondary N) is 2. The molecule has 1 heterocycles. The number of hydrogen-bond donors (Lipinski definition) is 2. The highest BCUT2D eigenvalue weighted by atomic mass is 79.9. The zero-order valence-electron chi connectivity index (χ0n) is 16.3. The van der Waals surface area contributed by atoms with Gasteiger partial charge in [0.15, 0.2) is 0 Å². The summed E-state index contributed by atoms with van der Waals surface area (Å²) >= 11 is 3.34. The van der Waals surface area contributed by atoms with Crippen molar-refractivity contribution in [1.29, 1.82) is 0 Å². The van der Waals surface area contributed by atoms with Crippen molar-refractivity contribution in [2.75, 3.05) is 18.4 Å². The van der Waals surface area contributed by atoms with Gasteiger partial charge in [0.25, 0.3) is 11.8 Å². The molecule has 29 heavy (non-hydrogen) atoms. The summed E-state index contributed by atoms with van der Waals surface area (Å²) in [5.41, 5.74) is 1.65. The average Bonchev–Trinajstić information content (AvgIpc) is 3.22. The summed E-state index contributed by atoms with van der Waals surface area (Å²) in [5, 5.41) is 5.70. The molecule has 0 bridgehead atoms. The first-order chi connectivity index (χ1) is 14.0. The zero-order chi connectivity index (χ0) is 20.8. The molecular formula is C22H24BrN3O3. The lowest BCUT2D eigenvalue weighted by Gasteiger charge is -2.24. The van der Waals surface area contributed by atoms with Crippen LogP contribution in [0.25, 0.3) is 0 Å². The van der Waals surface area contributed by atoms with E-state index in [9.17, 15) is 14.4 Å². The molecule has 2 aromatic rings. The van der Waals surface area contributed by atoms with Crippen molar-refractivity contribution in [2.45, 2.75) is 32.2 Å². The predicted molar refractivity (Wildman–Crippen MR) is 116 cm³/mol. The Balaban J connectivity index is 1.64. The Labute approximate surface area is 178 Å². The lowest BCUT2D eigenvalue weighted by Crippen LogP contribution is -2.46. The van der Waals surface area contributed by atoms with Gasteiger partial charge in [0.05, 0.1) is 0 Å². The molecule has 0 aliphatic carbocycles. The number of nitrogens with zero attached hydrogens (tertiary/aromatic N) is 1. The summed E-state index contributed by atoms with van der Waals surface area (Å²) in [4.78, 5) is 39.2. The quantitative estimate of drug-likeness (QED) is 0.691. The fraction of sp³-hybridized carbons (Fsp3) is 0.318. The van der Waals surface area contributed by atoms with Crippen LogP contribution in [0.15, 0.2) is 53.0 Å². The number of rotatable bonds is 6. The molecule has 0 saturated carbocycles. The van der Waals surface area contributed by atoms with Crippen LogP contribution in [0.4, 0.5) is 5.69 Å². The molecule has 1 saturated heterocycles. The maximum Gasteiger partial charge on any atom is 0.255 e. The van der Waals surface area contributed by atoms with Gasteiger partial charge in [-0.15, -0.1) is 0 Å². The monoisotopic (exact) mass is 457 g/mol. The Hall–Kier alpha value is -2.67. The van der Waals surface area contributed by atoms with Crippen molar-refractivity contribution >= 4 is 39.3 Å². The third-order valence-electron chi connectivity index (χ3n) is 4.86. The molecule has 1 aliphatic rings. The average molecular weight is 458 g/mol. The Bertz CT molecular complexity index is 881. The van der Waals surface area contributed by atoms with E-state index < -0.39 is 6.04 Å². The molecule has 0 radical (unpaired) electrons. The van der Waals surface area contributed by atoms with Crippen LogP contribution in [0.5, 0.6) is 0 Å². The minimum absolute atomic E-state index is 0.0870. The molecule has 1 atom stereocenters. The molecule has 0 aromatic heterocycles. The van der Waals surface area contributed by atoms with Crippen molar-refractivity contribution in [3.05, 3.63) is 64.1 Å². The van der Waals surface area contributed by atoms with Crippen LogP contribution in [0.2, 0.25) is 0 Å². The minimum Gasteiger partial charge on any atom is -0.354 e. The van der Waals surface area contributed by atoms with Gasteiger partial charge in [0, 0.05) is 34.4 Å². The Kier molecular flexibility index (Phi) is 7.04. The molecule has 2 N–H and O–H groups in total. The molecule has 1 fully saturated rings. The Morgan fingerprint density at radius 2 is 1.69 bits per heavy atom. The first-order valence-corrected chi connectivity index (χ1v) is 10.5. The van der Waals surface area contributed by atoms with E-state index in [0.717, 1.165) is 17.3 Å². The van der Waals surface area contributed by atoms with E-state index in [0.29, 0.717) is 36.3 Å². The summed E-state index contributed by atoms with van der Waals surface area (Å²) in [6.07, 6.45) is 2.36. The summed E-state index contributed by atoms with van der Waals surface area (Å²) in [5.74, 6) is -0.468. The number of halogens is 1. The molecule has 0 unspecified atom stereocenters. The van der Waals surface area contributed by atoms with Crippen LogP contribution in [-0.4, -0.2) is 41.8 Å². The maximum absolute atomic E-state index is 12.9. The highest BCUT2D eigenvalue weighted by Crippen LogP contribution is 2.21. The fourth-order valence-electron chi connectivity index (χ4n) is 3.31. The van der Waals surface area contributed by atoms with Gasteiger partial charge < -0.3 is 15.5 Å². The van der Waals surface area contributed by atoms with E-state index in [1.54, 1.807) is 53.4 Å². The summed E-state index contributed by atoms with van der Waals surface area (Å²) in [7, 11) is 0. The standard InChI is InChI=1S/C22H24BrN3O3/c1-2-13-24-21(28)19-4-3-14-26(19)22(29)16-7-11-18(12-8-16)25-20(27)15-5-9-17(23)10-6-15/h5-12,19H,2-4,13-14H2,1H3,(H,24,28)(H,25,27)/t19-/m1/s1. The zero-order valence-corrected chi connectivity index (χ0v) is 17.9. The smallest absolute Gasteiger partial charge is 0.255 e. The van der Waals surface area contributed by atoms with Crippen LogP contribution in [0.1, 0.15) is 46.9 Å². The van der Waals surface area contributed by atoms with E-state index in [2.05, 4.69) is 26.6 Å². The third kappa shape index (κ3) is 5.23. The molecule has 3 amide bonds. The van der Waals surface area contributed by atoms with E-state index in [-0.39, 0.29) is 17.7 Å². The van der Waals surface area contributed by atoms with Crippen molar-refractivity contribution in [1.82, 2.24) is 10.2 Å². The Morgan fingerprint density at radius 3 is 2.34 bits per heavy atom. The number of carbonyl (C=O) groups is 3. The van der Waals surface area contributed by atoms with Gasteiger partial charge in [0.1, 0.15) is 6.04 Å². The van der Waals surface area contributed by atoms with Gasteiger partial charge in [-0.2, -0.15) is 0 Å². The molecule has 0 spiro atoms. The molecule has 152 valence electrons. The lowest BCUT2D eigenvalue weighted by atomic mass is 10.1. The predicted octanol–water partition coefficient (Wildman–Crippen LogP) is 3.83. The highest BCUT2D eigenvalue weighted by Gasteiger charge is 2.34.